The summed E-state index contributed by atoms with van der Waals surface area (Å²) in [5.74, 6) is -0.167. The average Bonchev–Trinajstić information content (AvgIpc) is 2.43. The molecule has 0 fully saturated rings. The Morgan fingerprint density at radius 1 is 1.27 bits per heavy atom. The van der Waals surface area contributed by atoms with Crippen LogP contribution in [0.15, 0.2) is 24.3 Å². The first kappa shape index (κ1) is 10.3. The highest BCUT2D eigenvalue weighted by atomic mass is 32.1. The Labute approximate surface area is 88.1 Å². The number of alkyl halides is 3. The molecule has 0 amide bonds. The summed E-state index contributed by atoms with van der Waals surface area (Å²) < 4.78 is 40.5. The molecule has 0 atom stereocenters. The van der Waals surface area contributed by atoms with Crippen LogP contribution < -0.4 is 4.74 Å². The lowest BCUT2D eigenvalue weighted by Gasteiger charge is -2.08. The summed E-state index contributed by atoms with van der Waals surface area (Å²) in [5, 5.41) is 0.715. The van der Waals surface area contributed by atoms with Crippen molar-refractivity contribution in [3.63, 3.8) is 0 Å². The molecule has 1 radical (unpaired) electrons. The third kappa shape index (κ3) is 2.23. The van der Waals surface area contributed by atoms with E-state index in [4.69, 9.17) is 0 Å². The maximum atomic E-state index is 12.0. The van der Waals surface area contributed by atoms with Gasteiger partial charge >= 0.3 is 6.36 Å². The lowest BCUT2D eigenvalue weighted by Crippen LogP contribution is -2.17. The third-order valence-corrected chi connectivity index (χ3v) is 2.81. The molecule has 15 heavy (non-hydrogen) atoms. The second kappa shape index (κ2) is 3.41. The summed E-state index contributed by atoms with van der Waals surface area (Å²) >= 11 is 1.18. The quantitative estimate of drug-likeness (QED) is 0.721. The van der Waals surface area contributed by atoms with E-state index >= 15 is 0 Å². The van der Waals surface area contributed by atoms with Crippen molar-refractivity contribution in [3.8, 4) is 5.75 Å². The highest BCUT2D eigenvalue weighted by Gasteiger charge is 2.31. The summed E-state index contributed by atoms with van der Waals surface area (Å²) in [6.07, 6.45) is -4.65. The van der Waals surface area contributed by atoms with Gasteiger partial charge < -0.3 is 4.74 Å². The van der Waals surface area contributed by atoms with Gasteiger partial charge in [0.15, 0.2) is 0 Å². The number of rotatable bonds is 1. The van der Waals surface area contributed by atoms with Crippen molar-refractivity contribution in [1.29, 1.82) is 0 Å². The van der Waals surface area contributed by atoms with Crippen LogP contribution in [0, 0.1) is 6.92 Å². The molecule has 0 aliphatic heterocycles. The van der Waals surface area contributed by atoms with Crippen LogP contribution in [0.2, 0.25) is 0 Å². The standard InChI is InChI=1S/C10H6F3OS/c1-6-5-7-3-2-4-8(9(7)15-6)14-10(11,12)13/h2-5H,1H2. The van der Waals surface area contributed by atoms with Gasteiger partial charge in [-0.2, -0.15) is 0 Å². The fourth-order valence-electron chi connectivity index (χ4n) is 1.29. The second-order valence-corrected chi connectivity index (χ2v) is 4.07. The predicted octanol–water partition coefficient (Wildman–Crippen LogP) is 3.98. The van der Waals surface area contributed by atoms with Crippen molar-refractivity contribution in [1.82, 2.24) is 0 Å². The van der Waals surface area contributed by atoms with Crippen LogP contribution in [0.4, 0.5) is 13.2 Å². The van der Waals surface area contributed by atoms with Gasteiger partial charge in [0.2, 0.25) is 0 Å². The zero-order valence-electron chi connectivity index (χ0n) is 7.47. The van der Waals surface area contributed by atoms with Crippen molar-refractivity contribution in [2.75, 3.05) is 0 Å². The Kier molecular flexibility index (Phi) is 2.34. The predicted molar refractivity (Wildman–Crippen MR) is 53.0 cm³/mol. The van der Waals surface area contributed by atoms with E-state index < -0.39 is 6.36 Å². The van der Waals surface area contributed by atoms with E-state index in [1.54, 1.807) is 12.1 Å². The topological polar surface area (TPSA) is 9.23 Å². The molecular weight excluding hydrogens is 225 g/mol. The Morgan fingerprint density at radius 3 is 2.67 bits per heavy atom. The summed E-state index contributed by atoms with van der Waals surface area (Å²) in [5.41, 5.74) is 0. The van der Waals surface area contributed by atoms with Crippen LogP contribution >= 0.6 is 11.3 Å². The lowest BCUT2D eigenvalue weighted by molar-refractivity contribution is -0.274. The molecule has 1 aromatic carbocycles. The van der Waals surface area contributed by atoms with Crippen LogP contribution in [-0.4, -0.2) is 6.36 Å². The van der Waals surface area contributed by atoms with Gasteiger partial charge in [-0.3, -0.25) is 0 Å². The van der Waals surface area contributed by atoms with E-state index in [-0.39, 0.29) is 5.75 Å². The Hall–Kier alpha value is -1.23. The smallest absolute Gasteiger partial charge is 0.404 e. The van der Waals surface area contributed by atoms with Gasteiger partial charge in [-0.1, -0.05) is 12.1 Å². The van der Waals surface area contributed by atoms with Crippen molar-refractivity contribution in [3.05, 3.63) is 36.1 Å². The molecule has 0 spiro atoms. The van der Waals surface area contributed by atoms with Gasteiger partial charge in [-0.15, -0.1) is 24.5 Å². The molecular formula is C10H6F3OS. The first-order chi connectivity index (χ1) is 6.96. The third-order valence-electron chi connectivity index (χ3n) is 1.78. The zero-order chi connectivity index (χ0) is 11.1. The minimum Gasteiger partial charge on any atom is -0.404 e. The summed E-state index contributed by atoms with van der Waals surface area (Å²) in [7, 11) is 0. The van der Waals surface area contributed by atoms with E-state index in [1.165, 1.54) is 23.5 Å². The van der Waals surface area contributed by atoms with Gasteiger partial charge in [-0.25, -0.2) is 0 Å². The normalized spacial score (nSPS) is 12.0. The molecule has 0 saturated heterocycles. The molecule has 1 aromatic heterocycles. The van der Waals surface area contributed by atoms with Crippen molar-refractivity contribution >= 4 is 21.4 Å². The summed E-state index contributed by atoms with van der Waals surface area (Å²) in [6, 6.07) is 6.27. The molecule has 5 heteroatoms. The van der Waals surface area contributed by atoms with Crippen LogP contribution in [0.5, 0.6) is 5.75 Å². The van der Waals surface area contributed by atoms with Gasteiger partial charge in [0.1, 0.15) is 5.75 Å². The number of fused-ring (bicyclic) bond motifs is 1. The van der Waals surface area contributed by atoms with E-state index in [0.29, 0.717) is 15.0 Å². The van der Waals surface area contributed by atoms with Crippen LogP contribution in [0.1, 0.15) is 4.88 Å². The fourth-order valence-corrected chi connectivity index (χ4v) is 2.20. The van der Waals surface area contributed by atoms with Gasteiger partial charge in [-0.05, 0) is 24.4 Å². The average molecular weight is 231 g/mol. The minimum atomic E-state index is -4.65. The van der Waals surface area contributed by atoms with Crippen molar-refractivity contribution in [2.45, 2.75) is 6.36 Å². The molecule has 0 aliphatic rings. The largest absolute Gasteiger partial charge is 0.573 e. The molecule has 2 rings (SSSR count). The Morgan fingerprint density at radius 2 is 2.00 bits per heavy atom. The van der Waals surface area contributed by atoms with Gasteiger partial charge in [0.05, 0.1) is 4.70 Å². The molecule has 1 nitrogen and oxygen atoms in total. The lowest BCUT2D eigenvalue weighted by atomic mass is 10.2. The monoisotopic (exact) mass is 231 g/mol. The molecule has 79 valence electrons. The Balaban J connectivity index is 2.51. The van der Waals surface area contributed by atoms with E-state index in [9.17, 15) is 13.2 Å². The fraction of sp³-hybridized carbons (Fsp3) is 0.100. The Bertz CT molecular complexity index is 487. The summed E-state index contributed by atoms with van der Waals surface area (Å²) in [6.45, 7) is 3.68. The molecule has 0 unspecified atom stereocenters. The maximum Gasteiger partial charge on any atom is 0.573 e. The summed E-state index contributed by atoms with van der Waals surface area (Å²) in [4.78, 5) is 0.711. The molecule has 0 saturated carbocycles. The van der Waals surface area contributed by atoms with Crippen LogP contribution in [0.25, 0.3) is 10.1 Å². The molecule has 0 aliphatic carbocycles. The highest BCUT2D eigenvalue weighted by molar-refractivity contribution is 7.19. The van der Waals surface area contributed by atoms with Crippen molar-refractivity contribution < 1.29 is 17.9 Å². The number of benzene rings is 1. The van der Waals surface area contributed by atoms with Gasteiger partial charge in [0.25, 0.3) is 0 Å². The number of thiophene rings is 1. The van der Waals surface area contributed by atoms with Crippen molar-refractivity contribution in [2.24, 2.45) is 0 Å². The first-order valence-electron chi connectivity index (χ1n) is 4.06. The van der Waals surface area contributed by atoms with E-state index in [2.05, 4.69) is 11.7 Å². The number of halogens is 3. The first-order valence-corrected chi connectivity index (χ1v) is 4.87. The molecule has 2 aromatic rings. The highest BCUT2D eigenvalue weighted by Crippen LogP contribution is 2.35. The van der Waals surface area contributed by atoms with Crippen LogP contribution in [0.3, 0.4) is 0 Å². The number of hydrogen-bond acceptors (Lipinski definition) is 2. The molecule has 0 N–H and O–H groups in total. The number of ether oxygens (including phenoxy) is 1. The van der Waals surface area contributed by atoms with Gasteiger partial charge in [0, 0.05) is 4.88 Å². The van der Waals surface area contributed by atoms with Crippen LogP contribution in [-0.2, 0) is 0 Å². The number of hydrogen-bond donors (Lipinski definition) is 0. The minimum absolute atomic E-state index is 0.167. The maximum absolute atomic E-state index is 12.0. The zero-order valence-corrected chi connectivity index (χ0v) is 8.28. The SMILES string of the molecule is [CH2]c1cc2cccc(OC(F)(F)F)c2s1. The van der Waals surface area contributed by atoms with E-state index in [0.717, 1.165) is 0 Å². The molecule has 1 heterocycles. The molecule has 0 bridgehead atoms. The second-order valence-electron chi connectivity index (χ2n) is 2.94. The van der Waals surface area contributed by atoms with E-state index in [1.807, 2.05) is 0 Å².